The van der Waals surface area contributed by atoms with E-state index in [9.17, 15) is 14.4 Å². The molecule has 3 aromatic rings. The molecule has 2 amide bonds. The van der Waals surface area contributed by atoms with Gasteiger partial charge in [-0.1, -0.05) is 0 Å². The molecule has 1 aliphatic carbocycles. The van der Waals surface area contributed by atoms with Crippen molar-refractivity contribution in [3.8, 4) is 0 Å². The largest absolute Gasteiger partial charge is 0.355 e. The number of fused-ring (bicyclic) bond motifs is 1. The summed E-state index contributed by atoms with van der Waals surface area (Å²) in [5, 5.41) is 14.0. The maximum absolute atomic E-state index is 13.0. The molecule has 0 atom stereocenters. The number of thiophene rings is 1. The van der Waals surface area contributed by atoms with Gasteiger partial charge in [-0.25, -0.2) is 9.67 Å². The zero-order valence-electron chi connectivity index (χ0n) is 19.4. The maximum Gasteiger partial charge on any atom is 0.277 e. The van der Waals surface area contributed by atoms with Gasteiger partial charge < -0.3 is 16.0 Å². The van der Waals surface area contributed by atoms with Crippen LogP contribution in [0.2, 0.25) is 0 Å². The Morgan fingerprint density at radius 2 is 2.10 bits per heavy atom. The summed E-state index contributed by atoms with van der Waals surface area (Å²) < 4.78 is 24.0. The van der Waals surface area contributed by atoms with Crippen molar-refractivity contribution in [3.05, 3.63) is 39.8 Å². The van der Waals surface area contributed by atoms with Gasteiger partial charge >= 0.3 is 0 Å². The number of carbonyl (C=O) groups excluding carboxylic acids is 2. The second kappa shape index (κ2) is 7.86. The number of amides is 2. The summed E-state index contributed by atoms with van der Waals surface area (Å²) in [4.78, 5) is 41.9. The molecule has 0 radical (unpaired) electrons. The molecule has 30 heavy (non-hydrogen) atoms. The Balaban J connectivity index is 1.75. The summed E-state index contributed by atoms with van der Waals surface area (Å²) in [7, 11) is 0. The predicted molar refractivity (Wildman–Crippen MR) is 117 cm³/mol. The number of rotatable bonds is 6. The summed E-state index contributed by atoms with van der Waals surface area (Å²) in [6.07, 6.45) is 4.41. The number of hydrogen-bond acceptors (Lipinski definition) is 7. The third kappa shape index (κ3) is 3.78. The van der Waals surface area contributed by atoms with Crippen LogP contribution in [0.3, 0.4) is 0 Å². The summed E-state index contributed by atoms with van der Waals surface area (Å²) >= 11 is 1.30. The lowest BCUT2D eigenvalue weighted by Crippen LogP contribution is -2.24. The minimum atomic E-state index is -2.70. The van der Waals surface area contributed by atoms with Crippen molar-refractivity contribution in [1.29, 1.82) is 0 Å². The van der Waals surface area contributed by atoms with Crippen molar-refractivity contribution in [1.82, 2.24) is 20.1 Å². The van der Waals surface area contributed by atoms with Crippen LogP contribution in [0.5, 0.6) is 0 Å². The van der Waals surface area contributed by atoms with Gasteiger partial charge in [0.15, 0.2) is 0 Å². The van der Waals surface area contributed by atoms with E-state index < -0.39 is 12.9 Å². The Kier molecular flexibility index (Phi) is 4.33. The van der Waals surface area contributed by atoms with E-state index in [2.05, 4.69) is 20.7 Å². The first-order chi connectivity index (χ1) is 15.5. The molecule has 0 bridgehead atoms. The molecule has 9 nitrogen and oxygen atoms in total. The summed E-state index contributed by atoms with van der Waals surface area (Å²) in [6.45, 7) is 0.988. The lowest BCUT2D eigenvalue weighted by Gasteiger charge is -2.13. The van der Waals surface area contributed by atoms with Crippen LogP contribution in [-0.4, -0.2) is 33.6 Å². The first-order valence-corrected chi connectivity index (χ1v) is 10.3. The topological polar surface area (TPSA) is 118 Å². The Morgan fingerprint density at radius 1 is 1.30 bits per heavy atom. The fourth-order valence-corrected chi connectivity index (χ4v) is 3.87. The van der Waals surface area contributed by atoms with E-state index in [1.54, 1.807) is 11.6 Å². The Bertz CT molecular complexity index is 1300. The van der Waals surface area contributed by atoms with E-state index in [1.165, 1.54) is 28.3 Å². The molecular weight excluding hydrogens is 404 g/mol. The second-order valence-corrected chi connectivity index (χ2v) is 8.25. The van der Waals surface area contributed by atoms with Crippen LogP contribution in [0.1, 0.15) is 47.2 Å². The van der Waals surface area contributed by atoms with E-state index in [4.69, 9.17) is 4.11 Å². The summed E-state index contributed by atoms with van der Waals surface area (Å²) in [5.74, 6) is -0.879. The third-order valence-corrected chi connectivity index (χ3v) is 5.68. The van der Waals surface area contributed by atoms with E-state index in [0.717, 1.165) is 12.8 Å². The van der Waals surface area contributed by atoms with Crippen LogP contribution >= 0.6 is 11.3 Å². The van der Waals surface area contributed by atoms with Crippen LogP contribution in [0.15, 0.2) is 28.6 Å². The lowest BCUT2D eigenvalue weighted by atomic mass is 10.2. The van der Waals surface area contributed by atoms with Crippen LogP contribution in [0.25, 0.3) is 10.1 Å². The van der Waals surface area contributed by atoms with Gasteiger partial charge in [-0.05, 0) is 26.7 Å². The number of hydrogen-bond donors (Lipinski definition) is 3. The molecule has 10 heteroatoms. The molecule has 0 unspecified atom stereocenters. The molecule has 3 aromatic heterocycles. The van der Waals surface area contributed by atoms with Crippen LogP contribution in [0, 0.1) is 5.92 Å². The molecule has 1 fully saturated rings. The molecule has 0 saturated heterocycles. The smallest absolute Gasteiger partial charge is 0.277 e. The minimum absolute atomic E-state index is 0.0480. The highest BCUT2D eigenvalue weighted by atomic mass is 32.1. The van der Waals surface area contributed by atoms with Crippen molar-refractivity contribution < 1.29 is 13.7 Å². The summed E-state index contributed by atoms with van der Waals surface area (Å²) in [5.41, 5.74) is 0.291. The highest BCUT2D eigenvalue weighted by Gasteiger charge is 2.30. The molecule has 1 aliphatic rings. The number of pyridine rings is 1. The normalized spacial score (nSPS) is 15.4. The molecule has 3 N–H and O–H groups in total. The van der Waals surface area contributed by atoms with Gasteiger partial charge in [0, 0.05) is 34.6 Å². The van der Waals surface area contributed by atoms with E-state index in [1.807, 2.05) is 19.2 Å². The molecule has 0 aliphatic heterocycles. The van der Waals surface area contributed by atoms with Crippen molar-refractivity contribution in [2.24, 2.45) is 5.92 Å². The zero-order chi connectivity index (χ0) is 23.9. The van der Waals surface area contributed by atoms with Gasteiger partial charge in [-0.3, -0.25) is 14.4 Å². The molecule has 1 saturated carbocycles. The number of anilines is 3. The molecule has 0 spiro atoms. The third-order valence-electron chi connectivity index (χ3n) is 4.76. The van der Waals surface area contributed by atoms with Crippen LogP contribution in [-0.2, 0) is 4.79 Å². The maximum atomic E-state index is 13.0. The fraction of sp³-hybridized carbons (Fsp3) is 0.350. The van der Waals surface area contributed by atoms with E-state index in [-0.39, 0.29) is 40.5 Å². The zero-order valence-corrected chi connectivity index (χ0v) is 17.2. The SMILES string of the molecule is [2H]C([2H])([2H])NC(=O)c1cnc(NC(=O)C2CC2)cc1Nc1csc2cnn(C(C)C)c(=O)c12. The van der Waals surface area contributed by atoms with E-state index in [0.29, 0.717) is 15.8 Å². The molecular formula is C20H22N6O3S. The van der Waals surface area contributed by atoms with Gasteiger partial charge in [-0.2, -0.15) is 5.10 Å². The van der Waals surface area contributed by atoms with Crippen molar-refractivity contribution in [2.45, 2.75) is 32.7 Å². The van der Waals surface area contributed by atoms with Gasteiger partial charge in [-0.15, -0.1) is 11.3 Å². The molecule has 0 aromatic carbocycles. The Labute approximate surface area is 180 Å². The van der Waals surface area contributed by atoms with Gasteiger partial charge in [0.1, 0.15) is 5.82 Å². The highest BCUT2D eigenvalue weighted by Crippen LogP contribution is 2.33. The standard InChI is InChI=1S/C20H22N6O3S/c1-10(2)26-20(29)17-14(9-30-15(17)8-23-26)24-13-6-16(25-18(27)11-4-5-11)22-7-12(13)19(28)21-3/h6-11H,4-5H2,1-3H3,(H,21,28)(H2,22,24,25,27)/i3D3. The monoisotopic (exact) mass is 429 g/mol. The van der Waals surface area contributed by atoms with Crippen molar-refractivity contribution >= 4 is 50.4 Å². The van der Waals surface area contributed by atoms with Crippen LogP contribution < -0.4 is 21.5 Å². The molecule has 156 valence electrons. The van der Waals surface area contributed by atoms with E-state index >= 15 is 0 Å². The Hall–Kier alpha value is -3.27. The first-order valence-electron chi connectivity index (χ1n) is 10.9. The average molecular weight is 430 g/mol. The lowest BCUT2D eigenvalue weighted by molar-refractivity contribution is -0.117. The summed E-state index contributed by atoms with van der Waals surface area (Å²) in [6, 6.07) is 1.29. The molecule has 4 rings (SSSR count). The number of nitrogens with one attached hydrogen (secondary N) is 3. The fourth-order valence-electron chi connectivity index (χ4n) is 3.02. The average Bonchev–Trinajstić information content (AvgIpc) is 3.49. The number of aromatic nitrogens is 3. The molecule has 3 heterocycles. The van der Waals surface area contributed by atoms with Gasteiger partial charge in [0.25, 0.3) is 11.5 Å². The predicted octanol–water partition coefficient (Wildman–Crippen LogP) is 2.89. The minimum Gasteiger partial charge on any atom is -0.355 e. The Morgan fingerprint density at radius 3 is 2.80 bits per heavy atom. The van der Waals surface area contributed by atoms with Crippen LogP contribution in [0.4, 0.5) is 17.2 Å². The second-order valence-electron chi connectivity index (χ2n) is 7.33. The quantitative estimate of drug-likeness (QED) is 0.555. The van der Waals surface area contributed by atoms with Crippen molar-refractivity contribution in [2.75, 3.05) is 17.6 Å². The van der Waals surface area contributed by atoms with Gasteiger partial charge in [0.2, 0.25) is 5.91 Å². The number of nitrogens with zero attached hydrogens (tertiary/aromatic N) is 3. The van der Waals surface area contributed by atoms with Gasteiger partial charge in [0.05, 0.1) is 39.3 Å². The van der Waals surface area contributed by atoms with Crippen molar-refractivity contribution in [3.63, 3.8) is 0 Å². The number of carbonyl (C=O) groups is 2. The first kappa shape index (κ1) is 16.5. The highest BCUT2D eigenvalue weighted by molar-refractivity contribution is 7.17.